The highest BCUT2D eigenvalue weighted by Crippen LogP contribution is 2.31. The van der Waals surface area contributed by atoms with Crippen LogP contribution in [0, 0.1) is 6.92 Å². The number of hydrogen-bond acceptors (Lipinski definition) is 3. The number of aromatic hydroxyl groups is 1. The fraction of sp³-hybridized carbons (Fsp3) is 0.462. The Bertz CT molecular complexity index is 415. The number of carbonyl (C=O) groups is 1. The quantitative estimate of drug-likeness (QED) is 0.590. The van der Waals surface area contributed by atoms with Crippen molar-refractivity contribution >= 4 is 35.8 Å². The van der Waals surface area contributed by atoms with E-state index in [1.54, 1.807) is 0 Å². The molecule has 0 aliphatic carbocycles. The van der Waals surface area contributed by atoms with E-state index in [9.17, 15) is 15.0 Å². The smallest absolute Gasteiger partial charge is 0.180 e. The number of carbonyl (C=O) groups excluding carboxylic acids is 1. The number of phenolic OH excluding ortho intramolecular Hbond substituents is 1. The van der Waals surface area contributed by atoms with Crippen molar-refractivity contribution in [1.29, 1.82) is 0 Å². The maximum atomic E-state index is 9.72. The Balaban J connectivity index is 0. The van der Waals surface area contributed by atoms with E-state index in [0.29, 0.717) is 10.2 Å². The third-order valence-electron chi connectivity index (χ3n) is 2.30. The molecular weight excluding hydrogens is 359 g/mol. The molecular formula is C13H23IN2O3. The van der Waals surface area contributed by atoms with Gasteiger partial charge in [0.25, 0.3) is 0 Å². The molecule has 19 heavy (non-hydrogen) atoms. The maximum absolute atomic E-state index is 9.72. The van der Waals surface area contributed by atoms with Crippen molar-refractivity contribution in [1.82, 2.24) is 9.38 Å². The fourth-order valence-electron chi connectivity index (χ4n) is 1.18. The number of benzene rings is 1. The fourth-order valence-corrected chi connectivity index (χ4v) is 1.18. The van der Waals surface area contributed by atoms with Gasteiger partial charge in [0, 0.05) is 20.2 Å². The zero-order valence-electron chi connectivity index (χ0n) is 12.3. The first-order valence-corrected chi connectivity index (χ1v) is 5.56. The molecule has 0 radical (unpaired) electrons. The Morgan fingerprint density at radius 2 is 1.68 bits per heavy atom. The predicted molar refractivity (Wildman–Crippen MR) is 86.9 cm³/mol. The molecule has 110 valence electrons. The molecule has 0 atom stereocenters. The minimum Gasteiger partial charge on any atom is -0.530 e. The normalized spacial score (nSPS) is 9.79. The lowest BCUT2D eigenvalue weighted by molar-refractivity contribution is -0.262. The molecule has 0 aromatic heterocycles. The molecule has 0 aliphatic heterocycles. The molecule has 0 saturated heterocycles. The van der Waals surface area contributed by atoms with Gasteiger partial charge in [0.1, 0.15) is 6.09 Å². The number of aryl methyl sites for hydroxylation is 1. The molecule has 1 amide bonds. The largest absolute Gasteiger partial charge is 0.530 e. The van der Waals surface area contributed by atoms with Crippen LogP contribution in [0.1, 0.15) is 5.56 Å². The van der Waals surface area contributed by atoms with Gasteiger partial charge in [-0.2, -0.15) is 0 Å². The van der Waals surface area contributed by atoms with Gasteiger partial charge in [-0.05, 0) is 12.5 Å². The van der Waals surface area contributed by atoms with Gasteiger partial charge < -0.3 is 19.9 Å². The van der Waals surface area contributed by atoms with Gasteiger partial charge in [-0.3, -0.25) is 4.48 Å². The number of rotatable bonds is 1. The summed E-state index contributed by atoms with van der Waals surface area (Å²) in [7, 11) is 8.93. The van der Waals surface area contributed by atoms with Crippen molar-refractivity contribution in [2.24, 2.45) is 0 Å². The Kier molecular flexibility index (Phi) is 8.77. The third-order valence-corrected chi connectivity index (χ3v) is 2.30. The van der Waals surface area contributed by atoms with E-state index < -0.39 is 6.09 Å². The zero-order chi connectivity index (χ0) is 14.5. The van der Waals surface area contributed by atoms with Crippen molar-refractivity contribution in [2.75, 3.05) is 35.2 Å². The Morgan fingerprint density at radius 1 is 1.26 bits per heavy atom. The molecule has 0 aliphatic rings. The average molecular weight is 382 g/mol. The van der Waals surface area contributed by atoms with Crippen LogP contribution in [0.4, 0.5) is 10.5 Å². The number of phenols is 1. The summed E-state index contributed by atoms with van der Waals surface area (Å²) in [4.78, 5) is 10.5. The SMILES string of the molecule is CN(C)C(=O)[O-].Cc1cccc([N+](C)(C)C)c1O.I. The minimum absolute atomic E-state index is 0. The lowest BCUT2D eigenvalue weighted by atomic mass is 10.1. The van der Waals surface area contributed by atoms with Crippen molar-refractivity contribution in [3.8, 4) is 5.75 Å². The summed E-state index contributed by atoms with van der Waals surface area (Å²) in [5, 5.41) is 19.2. The van der Waals surface area contributed by atoms with Crippen LogP contribution in [-0.2, 0) is 0 Å². The minimum atomic E-state index is -1.16. The van der Waals surface area contributed by atoms with Crippen molar-refractivity contribution < 1.29 is 15.0 Å². The summed E-state index contributed by atoms with van der Waals surface area (Å²) < 4.78 is 0.646. The lowest BCUT2D eigenvalue weighted by Gasteiger charge is -2.24. The van der Waals surface area contributed by atoms with E-state index in [4.69, 9.17) is 0 Å². The van der Waals surface area contributed by atoms with E-state index in [1.165, 1.54) is 14.1 Å². The van der Waals surface area contributed by atoms with Crippen molar-refractivity contribution in [3.63, 3.8) is 0 Å². The number of para-hydroxylation sites is 1. The molecule has 0 heterocycles. The third kappa shape index (κ3) is 7.22. The van der Waals surface area contributed by atoms with Gasteiger partial charge in [-0.1, -0.05) is 12.1 Å². The number of hydrogen-bond donors (Lipinski definition) is 1. The van der Waals surface area contributed by atoms with Crippen LogP contribution in [0.15, 0.2) is 18.2 Å². The van der Waals surface area contributed by atoms with Crippen LogP contribution < -0.4 is 9.59 Å². The molecule has 1 N–H and O–H groups in total. The number of nitrogens with zero attached hydrogens (tertiary/aromatic N) is 2. The summed E-state index contributed by atoms with van der Waals surface area (Å²) in [5.41, 5.74) is 1.88. The summed E-state index contributed by atoms with van der Waals surface area (Å²) >= 11 is 0. The zero-order valence-corrected chi connectivity index (χ0v) is 14.6. The maximum Gasteiger partial charge on any atom is 0.180 e. The van der Waals surface area contributed by atoms with E-state index in [2.05, 4.69) is 0 Å². The van der Waals surface area contributed by atoms with Crippen LogP contribution >= 0.6 is 24.0 Å². The Labute approximate surface area is 132 Å². The molecule has 6 heteroatoms. The molecule has 0 spiro atoms. The van der Waals surface area contributed by atoms with Gasteiger partial charge in [0.15, 0.2) is 11.4 Å². The Morgan fingerprint density at radius 3 is 1.95 bits per heavy atom. The molecule has 5 nitrogen and oxygen atoms in total. The molecule has 1 rings (SSSR count). The van der Waals surface area contributed by atoms with Gasteiger partial charge in [0.2, 0.25) is 0 Å². The van der Waals surface area contributed by atoms with E-state index in [0.717, 1.165) is 16.2 Å². The van der Waals surface area contributed by atoms with Gasteiger partial charge in [0.05, 0.1) is 21.1 Å². The number of amides is 1. The number of quaternary nitrogens is 1. The topological polar surface area (TPSA) is 63.6 Å². The summed E-state index contributed by atoms with van der Waals surface area (Å²) in [5.74, 6) is 0.407. The van der Waals surface area contributed by atoms with Crippen LogP contribution in [0.25, 0.3) is 0 Å². The molecule has 1 aromatic rings. The first-order valence-electron chi connectivity index (χ1n) is 5.56. The van der Waals surface area contributed by atoms with Crippen LogP contribution in [0.2, 0.25) is 0 Å². The second kappa shape index (κ2) is 8.21. The monoisotopic (exact) mass is 382 g/mol. The lowest BCUT2D eigenvalue weighted by Crippen LogP contribution is -2.35. The summed E-state index contributed by atoms with van der Waals surface area (Å²) in [6.45, 7) is 1.91. The van der Waals surface area contributed by atoms with Crippen LogP contribution in [0.5, 0.6) is 5.75 Å². The summed E-state index contributed by atoms with van der Waals surface area (Å²) in [6, 6.07) is 5.82. The highest BCUT2D eigenvalue weighted by Gasteiger charge is 2.17. The second-order valence-electron chi connectivity index (χ2n) is 5.12. The Hall–Kier alpha value is -1.02. The van der Waals surface area contributed by atoms with Crippen LogP contribution in [0.3, 0.4) is 0 Å². The molecule has 0 fully saturated rings. The second-order valence-corrected chi connectivity index (χ2v) is 5.12. The predicted octanol–water partition coefficient (Wildman–Crippen LogP) is 1.41. The molecule has 0 saturated carbocycles. The first kappa shape index (κ1) is 20.3. The van der Waals surface area contributed by atoms with Crippen LogP contribution in [-0.4, -0.2) is 51.3 Å². The van der Waals surface area contributed by atoms with Gasteiger partial charge in [-0.25, -0.2) is 0 Å². The van der Waals surface area contributed by atoms with E-state index in [1.807, 2.05) is 46.3 Å². The van der Waals surface area contributed by atoms with Gasteiger partial charge in [-0.15, -0.1) is 24.0 Å². The average Bonchev–Trinajstić information content (AvgIpc) is 2.21. The van der Waals surface area contributed by atoms with Gasteiger partial charge >= 0.3 is 0 Å². The summed E-state index contributed by atoms with van der Waals surface area (Å²) in [6.07, 6.45) is -1.16. The van der Waals surface area contributed by atoms with Crippen molar-refractivity contribution in [2.45, 2.75) is 6.92 Å². The first-order chi connectivity index (χ1) is 8.07. The van der Waals surface area contributed by atoms with Crippen molar-refractivity contribution in [3.05, 3.63) is 23.8 Å². The highest BCUT2D eigenvalue weighted by molar-refractivity contribution is 14.0. The molecule has 0 bridgehead atoms. The van der Waals surface area contributed by atoms with E-state index in [-0.39, 0.29) is 24.0 Å². The standard InChI is InChI=1S/C10H15NO.C3H7NO2.HI/c1-8-6-5-7-9(10(8)12)11(2,3)4;1-4(2)3(5)6;/h5-7H,1-4H3;1-2H3,(H,5,6);1H. The number of carboxylic acid groups (broad SMARTS) is 1. The van der Waals surface area contributed by atoms with E-state index >= 15 is 0 Å². The number of halogens is 1. The molecule has 1 aromatic carbocycles. The highest BCUT2D eigenvalue weighted by atomic mass is 127. The molecule has 0 unspecified atom stereocenters.